The van der Waals surface area contributed by atoms with E-state index < -0.39 is 30.1 Å². The maximum Gasteiger partial charge on any atom is 0.305 e. The molecule has 1 unspecified atom stereocenters. The van der Waals surface area contributed by atoms with Crippen LogP contribution < -0.4 is 5.73 Å². The van der Waals surface area contributed by atoms with Gasteiger partial charge in [-0.1, -0.05) is 0 Å². The Morgan fingerprint density at radius 2 is 2.00 bits per heavy atom. The average Bonchev–Trinajstić information content (AvgIpc) is 2.20. The van der Waals surface area contributed by atoms with Crippen molar-refractivity contribution in [3.63, 3.8) is 0 Å². The summed E-state index contributed by atoms with van der Waals surface area (Å²) in [6.45, 7) is 0. The van der Waals surface area contributed by atoms with Gasteiger partial charge in [0.2, 0.25) is 0 Å². The van der Waals surface area contributed by atoms with E-state index in [1.165, 1.54) is 0 Å². The van der Waals surface area contributed by atoms with Crippen molar-refractivity contribution in [3.8, 4) is 0 Å². The lowest BCUT2D eigenvalue weighted by atomic mass is 9.99. The SMILES string of the molecule is NC(CC(=O)O)c1cc(F)c(F)cc1C=O. The molecule has 0 bridgehead atoms. The van der Waals surface area contributed by atoms with Gasteiger partial charge in [0.05, 0.1) is 6.42 Å². The first kappa shape index (κ1) is 12.3. The highest BCUT2D eigenvalue weighted by molar-refractivity contribution is 5.78. The van der Waals surface area contributed by atoms with Gasteiger partial charge < -0.3 is 10.8 Å². The highest BCUT2D eigenvalue weighted by Gasteiger charge is 2.17. The zero-order valence-electron chi connectivity index (χ0n) is 8.11. The molecular weight excluding hydrogens is 220 g/mol. The summed E-state index contributed by atoms with van der Waals surface area (Å²) in [5.74, 6) is -3.52. The molecule has 0 aromatic heterocycles. The van der Waals surface area contributed by atoms with Crippen molar-refractivity contribution in [2.24, 2.45) is 5.73 Å². The molecular formula is C10H9F2NO3. The van der Waals surface area contributed by atoms with Crippen molar-refractivity contribution in [1.82, 2.24) is 0 Å². The standard InChI is InChI=1S/C10H9F2NO3/c11-7-1-5(4-14)6(2-8(7)12)9(13)3-10(15)16/h1-2,4,9H,3,13H2,(H,15,16). The summed E-state index contributed by atoms with van der Waals surface area (Å²) in [5.41, 5.74) is 5.30. The number of hydrogen-bond acceptors (Lipinski definition) is 3. The molecule has 0 fully saturated rings. The lowest BCUT2D eigenvalue weighted by Gasteiger charge is -2.12. The summed E-state index contributed by atoms with van der Waals surface area (Å²) in [7, 11) is 0. The molecule has 0 saturated heterocycles. The predicted molar refractivity (Wildman–Crippen MR) is 50.9 cm³/mol. The molecule has 0 aliphatic carbocycles. The van der Waals surface area contributed by atoms with Gasteiger partial charge in [-0.2, -0.15) is 0 Å². The lowest BCUT2D eigenvalue weighted by Crippen LogP contribution is -2.17. The molecule has 16 heavy (non-hydrogen) atoms. The third kappa shape index (κ3) is 2.60. The second kappa shape index (κ2) is 4.80. The number of aldehydes is 1. The molecule has 0 radical (unpaired) electrons. The summed E-state index contributed by atoms with van der Waals surface area (Å²) in [6.07, 6.45) is -0.161. The van der Waals surface area contributed by atoms with Crippen molar-refractivity contribution in [1.29, 1.82) is 0 Å². The van der Waals surface area contributed by atoms with Crippen molar-refractivity contribution < 1.29 is 23.5 Å². The molecule has 0 amide bonds. The number of nitrogens with two attached hydrogens (primary N) is 1. The lowest BCUT2D eigenvalue weighted by molar-refractivity contribution is -0.137. The molecule has 0 aliphatic heterocycles. The molecule has 0 heterocycles. The van der Waals surface area contributed by atoms with E-state index in [1.54, 1.807) is 0 Å². The van der Waals surface area contributed by atoms with Crippen LogP contribution >= 0.6 is 0 Å². The Morgan fingerprint density at radius 3 is 2.50 bits per heavy atom. The van der Waals surface area contributed by atoms with E-state index in [-0.39, 0.29) is 11.1 Å². The fourth-order valence-corrected chi connectivity index (χ4v) is 1.30. The predicted octanol–water partition coefficient (Wildman–Crippen LogP) is 1.25. The molecule has 0 aliphatic rings. The summed E-state index contributed by atoms with van der Waals surface area (Å²) < 4.78 is 25.7. The van der Waals surface area contributed by atoms with E-state index in [9.17, 15) is 18.4 Å². The molecule has 6 heteroatoms. The topological polar surface area (TPSA) is 80.4 Å². The van der Waals surface area contributed by atoms with Crippen molar-refractivity contribution in [2.75, 3.05) is 0 Å². The van der Waals surface area contributed by atoms with E-state index in [0.29, 0.717) is 12.4 Å². The Hall–Kier alpha value is -1.82. The number of halogens is 2. The molecule has 4 nitrogen and oxygen atoms in total. The van der Waals surface area contributed by atoms with Gasteiger partial charge in [0.25, 0.3) is 0 Å². The van der Waals surface area contributed by atoms with Gasteiger partial charge in [-0.3, -0.25) is 9.59 Å². The minimum Gasteiger partial charge on any atom is -0.481 e. The number of carbonyl (C=O) groups is 2. The van der Waals surface area contributed by atoms with Gasteiger partial charge in [0.1, 0.15) is 6.29 Å². The van der Waals surface area contributed by atoms with Crippen molar-refractivity contribution in [2.45, 2.75) is 12.5 Å². The van der Waals surface area contributed by atoms with Crippen molar-refractivity contribution >= 4 is 12.3 Å². The molecule has 1 aromatic rings. The Kier molecular flexibility index (Phi) is 3.68. The fourth-order valence-electron chi connectivity index (χ4n) is 1.30. The Morgan fingerprint density at radius 1 is 1.44 bits per heavy atom. The first-order chi connectivity index (χ1) is 7.45. The molecule has 0 spiro atoms. The second-order valence-electron chi connectivity index (χ2n) is 3.22. The van der Waals surface area contributed by atoms with Crippen LogP contribution in [0.3, 0.4) is 0 Å². The summed E-state index contributed by atoms with van der Waals surface area (Å²) in [5, 5.41) is 8.50. The Labute approximate surface area is 89.7 Å². The quantitative estimate of drug-likeness (QED) is 0.761. The summed E-state index contributed by atoms with van der Waals surface area (Å²) in [6, 6.07) is 0.388. The number of benzene rings is 1. The van der Waals surface area contributed by atoms with Gasteiger partial charge in [-0.25, -0.2) is 8.78 Å². The first-order valence-electron chi connectivity index (χ1n) is 4.37. The molecule has 1 atom stereocenters. The maximum atomic E-state index is 12.9. The van der Waals surface area contributed by atoms with Crippen LogP contribution in [0.2, 0.25) is 0 Å². The zero-order valence-corrected chi connectivity index (χ0v) is 8.11. The Bertz CT molecular complexity index is 434. The van der Waals surface area contributed by atoms with E-state index >= 15 is 0 Å². The van der Waals surface area contributed by atoms with Gasteiger partial charge in [-0.15, -0.1) is 0 Å². The molecule has 0 saturated carbocycles. The third-order valence-electron chi connectivity index (χ3n) is 2.05. The Balaban J connectivity index is 3.15. The number of aliphatic carboxylic acids is 1. The highest BCUT2D eigenvalue weighted by Crippen LogP contribution is 2.21. The van der Waals surface area contributed by atoms with Crippen LogP contribution in [0.1, 0.15) is 28.4 Å². The number of hydrogen-bond donors (Lipinski definition) is 2. The molecule has 1 rings (SSSR count). The minimum atomic E-state index is -1.19. The monoisotopic (exact) mass is 229 g/mol. The largest absolute Gasteiger partial charge is 0.481 e. The van der Waals surface area contributed by atoms with Gasteiger partial charge in [0, 0.05) is 11.6 Å². The molecule has 86 valence electrons. The third-order valence-corrected chi connectivity index (χ3v) is 2.05. The van der Waals surface area contributed by atoms with Crippen LogP contribution in [0.25, 0.3) is 0 Å². The number of rotatable bonds is 4. The van der Waals surface area contributed by atoms with E-state index in [1.807, 2.05) is 0 Å². The fraction of sp³-hybridized carbons (Fsp3) is 0.200. The number of carboxylic acid groups (broad SMARTS) is 1. The first-order valence-corrected chi connectivity index (χ1v) is 4.37. The van der Waals surface area contributed by atoms with Crippen LogP contribution in [-0.2, 0) is 4.79 Å². The minimum absolute atomic E-state index is 0.0173. The average molecular weight is 229 g/mol. The van der Waals surface area contributed by atoms with Gasteiger partial charge in [0.15, 0.2) is 11.6 Å². The molecule has 3 N–H and O–H groups in total. The van der Waals surface area contributed by atoms with Crippen LogP contribution in [-0.4, -0.2) is 17.4 Å². The van der Waals surface area contributed by atoms with Gasteiger partial charge >= 0.3 is 5.97 Å². The van der Waals surface area contributed by atoms with Crippen molar-refractivity contribution in [3.05, 3.63) is 34.9 Å². The van der Waals surface area contributed by atoms with E-state index in [4.69, 9.17) is 10.8 Å². The maximum absolute atomic E-state index is 12.9. The van der Waals surface area contributed by atoms with E-state index in [0.717, 1.165) is 6.07 Å². The second-order valence-corrected chi connectivity index (χ2v) is 3.22. The summed E-state index contributed by atoms with van der Waals surface area (Å²) in [4.78, 5) is 21.0. The zero-order chi connectivity index (χ0) is 12.3. The van der Waals surface area contributed by atoms with Crippen LogP contribution in [0, 0.1) is 11.6 Å². The van der Waals surface area contributed by atoms with Crippen LogP contribution in [0.4, 0.5) is 8.78 Å². The highest BCUT2D eigenvalue weighted by atomic mass is 19.2. The van der Waals surface area contributed by atoms with E-state index in [2.05, 4.69) is 0 Å². The van der Waals surface area contributed by atoms with Gasteiger partial charge in [-0.05, 0) is 17.7 Å². The van der Waals surface area contributed by atoms with Crippen LogP contribution in [0.15, 0.2) is 12.1 Å². The smallest absolute Gasteiger partial charge is 0.305 e. The summed E-state index contributed by atoms with van der Waals surface area (Å²) >= 11 is 0. The van der Waals surface area contributed by atoms with Crippen LogP contribution in [0.5, 0.6) is 0 Å². The normalized spacial score (nSPS) is 12.2. The molecule has 1 aromatic carbocycles. The number of carboxylic acids is 1. The number of carbonyl (C=O) groups excluding carboxylic acids is 1.